The topological polar surface area (TPSA) is 37.1 Å². The third-order valence-electron chi connectivity index (χ3n) is 6.25. The van der Waals surface area contributed by atoms with Gasteiger partial charge in [0.15, 0.2) is 0 Å². The molecule has 0 aliphatic carbocycles. The van der Waals surface area contributed by atoms with E-state index in [0.29, 0.717) is 5.78 Å². The van der Waals surface area contributed by atoms with Crippen molar-refractivity contribution >= 4 is 21.3 Å². The molecular weight excluding hydrogens is 332 g/mol. The Hall–Kier alpha value is 0.130. The van der Waals surface area contributed by atoms with E-state index in [1.165, 1.54) is 37.3 Å². The van der Waals surface area contributed by atoms with E-state index in [2.05, 4.69) is 51.9 Å². The molecule has 2 fully saturated rings. The van der Waals surface area contributed by atoms with Gasteiger partial charge in [-0.25, -0.2) is 0 Å². The Morgan fingerprint density at radius 3 is 1.96 bits per heavy atom. The Kier molecular flexibility index (Phi) is 6.14. The highest BCUT2D eigenvalue weighted by Crippen LogP contribution is 2.68. The van der Waals surface area contributed by atoms with Crippen LogP contribution in [0, 0.1) is 17.8 Å². The summed E-state index contributed by atoms with van der Waals surface area (Å²) in [6.45, 7) is 14.5. The van der Waals surface area contributed by atoms with E-state index in [9.17, 15) is 0 Å². The Labute approximate surface area is 151 Å². The molecule has 0 amide bonds. The predicted octanol–water partition coefficient (Wildman–Crippen LogP) is 6.72. The first-order valence-electron chi connectivity index (χ1n) is 9.93. The largest absolute Gasteiger partial charge is 0.154 e. The summed E-state index contributed by atoms with van der Waals surface area (Å²) >= 11 is 0. The first kappa shape index (κ1) is 18.9. The van der Waals surface area contributed by atoms with Gasteiger partial charge in [0, 0.05) is 0 Å². The number of hydrogen-bond donors (Lipinski definition) is 0. The van der Waals surface area contributed by atoms with Gasteiger partial charge in [-0.1, -0.05) is 57.4 Å². The molecule has 3 nitrogen and oxygen atoms in total. The summed E-state index contributed by atoms with van der Waals surface area (Å²) in [4.78, 5) is 0. The molecule has 3 heterocycles. The van der Waals surface area contributed by atoms with Gasteiger partial charge in [0.1, 0.15) is 5.78 Å². The highest BCUT2D eigenvalue weighted by molar-refractivity contribution is 7.79. The predicted molar refractivity (Wildman–Crippen MR) is 109 cm³/mol. The normalized spacial score (nSPS) is 37.4. The molecule has 2 unspecified atom stereocenters. The maximum atomic E-state index is 4.77. The lowest BCUT2D eigenvalue weighted by Gasteiger charge is -2.35. The molecule has 0 spiro atoms. The zero-order valence-electron chi connectivity index (χ0n) is 16.3. The van der Waals surface area contributed by atoms with Crippen molar-refractivity contribution in [1.29, 1.82) is 0 Å². The van der Waals surface area contributed by atoms with Crippen LogP contribution in [0.25, 0.3) is 0 Å². The molecule has 0 saturated carbocycles. The SMILES string of the molecule is CC(C)[C@H]1CCCP1C1=NN=NC1P1[C@@H](C(C)C)CC[C@@H]1C(C)C. The minimum atomic E-state index is -0.121. The number of rotatable bonds is 5. The molecular formula is C19H35N3P2. The lowest BCUT2D eigenvalue weighted by atomic mass is 10.0. The quantitative estimate of drug-likeness (QED) is 0.484. The zero-order chi connectivity index (χ0) is 17.4. The summed E-state index contributed by atoms with van der Waals surface area (Å²) in [6.07, 6.45) is 6.96. The van der Waals surface area contributed by atoms with Crippen LogP contribution in [-0.2, 0) is 0 Å². The maximum absolute atomic E-state index is 4.77. The van der Waals surface area contributed by atoms with Crippen molar-refractivity contribution in [2.75, 3.05) is 6.16 Å². The van der Waals surface area contributed by atoms with Crippen molar-refractivity contribution in [3.05, 3.63) is 0 Å². The molecule has 0 aromatic rings. The average molecular weight is 367 g/mol. The van der Waals surface area contributed by atoms with Gasteiger partial charge in [-0.15, -0.1) is 5.10 Å². The van der Waals surface area contributed by atoms with Crippen LogP contribution in [0.1, 0.15) is 67.2 Å². The Balaban J connectivity index is 1.86. The fourth-order valence-electron chi connectivity index (χ4n) is 5.00. The van der Waals surface area contributed by atoms with Gasteiger partial charge in [0.2, 0.25) is 0 Å². The second-order valence-electron chi connectivity index (χ2n) is 8.83. The molecule has 5 heteroatoms. The van der Waals surface area contributed by atoms with Gasteiger partial charge in [0.05, 0.1) is 5.45 Å². The average Bonchev–Trinajstić information content (AvgIpc) is 3.24. The Bertz CT molecular complexity index is 485. The molecule has 0 aromatic heterocycles. The molecule has 3 aliphatic heterocycles. The van der Waals surface area contributed by atoms with Crippen molar-refractivity contribution < 1.29 is 0 Å². The number of nitrogens with zero attached hydrogens (tertiary/aromatic N) is 3. The van der Waals surface area contributed by atoms with Gasteiger partial charge in [0.25, 0.3) is 0 Å². The van der Waals surface area contributed by atoms with Crippen molar-refractivity contribution in [3.8, 4) is 0 Å². The molecule has 3 aliphatic rings. The fourth-order valence-corrected chi connectivity index (χ4v) is 13.0. The van der Waals surface area contributed by atoms with E-state index in [0.717, 1.165) is 34.7 Å². The lowest BCUT2D eigenvalue weighted by Crippen LogP contribution is -2.27. The summed E-state index contributed by atoms with van der Waals surface area (Å²) in [6, 6.07) is 0. The van der Waals surface area contributed by atoms with E-state index in [4.69, 9.17) is 5.11 Å². The highest BCUT2D eigenvalue weighted by Gasteiger charge is 2.48. The van der Waals surface area contributed by atoms with E-state index in [1.54, 1.807) is 0 Å². The zero-order valence-corrected chi connectivity index (χ0v) is 18.1. The van der Waals surface area contributed by atoms with Gasteiger partial charge in [-0.2, -0.15) is 5.11 Å². The minimum absolute atomic E-state index is 0.102. The van der Waals surface area contributed by atoms with E-state index < -0.39 is 0 Å². The third-order valence-corrected chi connectivity index (χ3v) is 14.0. The standard InChI is InChI=1S/C19H35N3P2/c1-12(2)15-8-7-11-23(15)18-19(21-22-20-18)24-16(13(3)4)9-10-17(24)14(5)6/h12-17,19H,7-11H2,1-6H3/t15-,16-,17-,19?,23?/m1/s1. The number of hydrogen-bond acceptors (Lipinski definition) is 3. The van der Waals surface area contributed by atoms with Crippen LogP contribution in [0.5, 0.6) is 0 Å². The molecule has 3 rings (SSSR count). The van der Waals surface area contributed by atoms with Crippen LogP contribution in [-0.4, -0.2) is 34.4 Å². The summed E-state index contributed by atoms with van der Waals surface area (Å²) in [5.41, 5.74) is 4.02. The molecule has 2 saturated heterocycles. The van der Waals surface area contributed by atoms with Crippen molar-refractivity contribution in [2.24, 2.45) is 33.2 Å². The summed E-state index contributed by atoms with van der Waals surface area (Å²) < 4.78 is 0. The first-order chi connectivity index (χ1) is 11.4. The Morgan fingerprint density at radius 1 is 0.833 bits per heavy atom. The molecule has 136 valence electrons. The molecule has 0 aromatic carbocycles. The Morgan fingerprint density at radius 2 is 1.42 bits per heavy atom. The van der Waals surface area contributed by atoms with Crippen molar-refractivity contribution in [2.45, 2.75) is 90.0 Å². The van der Waals surface area contributed by atoms with Crippen LogP contribution in [0.4, 0.5) is 0 Å². The summed E-state index contributed by atoms with van der Waals surface area (Å²) in [5.74, 6) is 2.69. The van der Waals surface area contributed by atoms with Crippen LogP contribution in [0.15, 0.2) is 15.4 Å². The van der Waals surface area contributed by atoms with Crippen LogP contribution < -0.4 is 0 Å². The molecule has 0 bridgehead atoms. The summed E-state index contributed by atoms with van der Waals surface area (Å²) in [5, 5.41) is 13.7. The van der Waals surface area contributed by atoms with Crippen molar-refractivity contribution in [3.63, 3.8) is 0 Å². The van der Waals surface area contributed by atoms with Crippen LogP contribution in [0.3, 0.4) is 0 Å². The van der Waals surface area contributed by atoms with E-state index >= 15 is 0 Å². The van der Waals surface area contributed by atoms with Gasteiger partial charge < -0.3 is 0 Å². The van der Waals surface area contributed by atoms with Gasteiger partial charge >= 0.3 is 0 Å². The van der Waals surface area contributed by atoms with Gasteiger partial charge in [-0.05, 0) is 71.8 Å². The second kappa shape index (κ2) is 7.79. The van der Waals surface area contributed by atoms with E-state index in [1.807, 2.05) is 0 Å². The molecule has 0 radical (unpaired) electrons. The first-order valence-corrected chi connectivity index (χ1v) is 13.1. The maximum Gasteiger partial charge on any atom is 0.136 e. The smallest absolute Gasteiger partial charge is 0.136 e. The molecule has 5 atom stereocenters. The van der Waals surface area contributed by atoms with Gasteiger partial charge in [-0.3, -0.25) is 0 Å². The fraction of sp³-hybridized carbons (Fsp3) is 0.947. The van der Waals surface area contributed by atoms with Crippen LogP contribution >= 0.6 is 15.8 Å². The van der Waals surface area contributed by atoms with Crippen molar-refractivity contribution in [1.82, 2.24) is 0 Å². The molecule has 0 N–H and O–H groups in total. The third kappa shape index (κ3) is 3.50. The monoisotopic (exact) mass is 367 g/mol. The minimum Gasteiger partial charge on any atom is -0.154 e. The highest BCUT2D eigenvalue weighted by atomic mass is 31.1. The second-order valence-corrected chi connectivity index (χ2v) is 14.0. The lowest BCUT2D eigenvalue weighted by molar-refractivity contribution is 0.543. The van der Waals surface area contributed by atoms with Crippen LogP contribution in [0.2, 0.25) is 0 Å². The van der Waals surface area contributed by atoms with E-state index in [-0.39, 0.29) is 15.8 Å². The summed E-state index contributed by atoms with van der Waals surface area (Å²) in [7, 11) is -0.223. The molecule has 24 heavy (non-hydrogen) atoms.